The maximum atomic E-state index is 4.81. The number of nitrogens with zero attached hydrogens (tertiary/aromatic N) is 2. The molecule has 4 heteroatoms. The molecule has 0 spiro atoms. The summed E-state index contributed by atoms with van der Waals surface area (Å²) in [5.74, 6) is 0. The molecule has 2 atom stereocenters. The average Bonchev–Trinajstić information content (AvgIpc) is 2.91. The Morgan fingerprint density at radius 1 is 1.33 bits per heavy atom. The molecule has 21 heavy (non-hydrogen) atoms. The van der Waals surface area contributed by atoms with Gasteiger partial charge in [0.15, 0.2) is 0 Å². The number of para-hydroxylation sites is 1. The minimum Gasteiger partial charge on any atom is -0.311 e. The summed E-state index contributed by atoms with van der Waals surface area (Å²) < 4.78 is 1.31. The summed E-state index contributed by atoms with van der Waals surface area (Å²) >= 11 is 1.85. The standard InChI is InChI=1S/C17H25N3S/c1-3-7-14-10-18-13(4-2)11-20(14)12-17-19-15-8-5-6-9-16(15)21-17/h5-6,8-9,13-14,18H,3-4,7,10-12H2,1-2H3. The number of benzene rings is 1. The van der Waals surface area contributed by atoms with Crippen LogP contribution in [0, 0.1) is 0 Å². The minimum absolute atomic E-state index is 0.632. The molecule has 2 unspecified atom stereocenters. The Hall–Kier alpha value is -0.970. The second kappa shape index (κ2) is 6.86. The summed E-state index contributed by atoms with van der Waals surface area (Å²) in [7, 11) is 0. The van der Waals surface area contributed by atoms with Crippen LogP contribution in [0.1, 0.15) is 38.1 Å². The van der Waals surface area contributed by atoms with Crippen molar-refractivity contribution >= 4 is 21.6 Å². The van der Waals surface area contributed by atoms with Gasteiger partial charge in [-0.3, -0.25) is 4.90 Å². The number of nitrogens with one attached hydrogen (secondary N) is 1. The van der Waals surface area contributed by atoms with Gasteiger partial charge in [0, 0.05) is 25.2 Å². The maximum absolute atomic E-state index is 4.81. The van der Waals surface area contributed by atoms with Crippen molar-refractivity contribution in [3.05, 3.63) is 29.3 Å². The highest BCUT2D eigenvalue weighted by atomic mass is 32.1. The Morgan fingerprint density at radius 3 is 2.95 bits per heavy atom. The highest BCUT2D eigenvalue weighted by Crippen LogP contribution is 2.24. The van der Waals surface area contributed by atoms with E-state index < -0.39 is 0 Å². The first-order valence-electron chi connectivity index (χ1n) is 8.12. The summed E-state index contributed by atoms with van der Waals surface area (Å²) in [5, 5.41) is 4.95. The van der Waals surface area contributed by atoms with Crippen LogP contribution in [0.25, 0.3) is 10.2 Å². The molecule has 3 rings (SSSR count). The zero-order valence-corrected chi connectivity index (χ0v) is 13.8. The van der Waals surface area contributed by atoms with E-state index in [0.29, 0.717) is 12.1 Å². The Morgan fingerprint density at radius 2 is 2.19 bits per heavy atom. The molecular formula is C17H25N3S. The fraction of sp³-hybridized carbons (Fsp3) is 0.588. The van der Waals surface area contributed by atoms with Gasteiger partial charge in [-0.05, 0) is 25.0 Å². The van der Waals surface area contributed by atoms with Crippen LogP contribution >= 0.6 is 11.3 Å². The SMILES string of the molecule is CCCC1CNC(CC)CN1Cc1nc2ccccc2s1. The van der Waals surface area contributed by atoms with Gasteiger partial charge in [-0.25, -0.2) is 4.98 Å². The van der Waals surface area contributed by atoms with Gasteiger partial charge < -0.3 is 5.32 Å². The fourth-order valence-corrected chi connectivity index (χ4v) is 4.17. The van der Waals surface area contributed by atoms with Crippen LogP contribution < -0.4 is 5.32 Å². The lowest BCUT2D eigenvalue weighted by molar-refractivity contribution is 0.113. The molecule has 0 radical (unpaired) electrons. The molecule has 0 aliphatic carbocycles. The summed E-state index contributed by atoms with van der Waals surface area (Å²) in [4.78, 5) is 7.45. The summed E-state index contributed by atoms with van der Waals surface area (Å²) in [5.41, 5.74) is 1.15. The molecule has 1 aromatic heterocycles. The number of fused-ring (bicyclic) bond motifs is 1. The van der Waals surface area contributed by atoms with E-state index in [1.54, 1.807) is 0 Å². The summed E-state index contributed by atoms with van der Waals surface area (Å²) in [6.45, 7) is 7.83. The van der Waals surface area contributed by atoms with E-state index in [4.69, 9.17) is 4.98 Å². The van der Waals surface area contributed by atoms with E-state index in [0.717, 1.165) is 25.2 Å². The van der Waals surface area contributed by atoms with Crippen LogP contribution in [-0.4, -0.2) is 35.1 Å². The van der Waals surface area contributed by atoms with E-state index in [1.807, 2.05) is 11.3 Å². The van der Waals surface area contributed by atoms with Gasteiger partial charge in [0.1, 0.15) is 5.01 Å². The Labute approximate surface area is 131 Å². The monoisotopic (exact) mass is 303 g/mol. The molecule has 3 nitrogen and oxygen atoms in total. The van der Waals surface area contributed by atoms with Crippen LogP contribution in [-0.2, 0) is 6.54 Å². The predicted molar refractivity (Wildman–Crippen MR) is 90.8 cm³/mol. The van der Waals surface area contributed by atoms with Gasteiger partial charge in [-0.15, -0.1) is 11.3 Å². The number of rotatable bonds is 5. The van der Waals surface area contributed by atoms with Crippen molar-refractivity contribution in [2.75, 3.05) is 13.1 Å². The quantitative estimate of drug-likeness (QED) is 0.914. The molecule has 1 aliphatic heterocycles. The van der Waals surface area contributed by atoms with Gasteiger partial charge in [-0.1, -0.05) is 32.4 Å². The van der Waals surface area contributed by atoms with Gasteiger partial charge in [0.2, 0.25) is 0 Å². The van der Waals surface area contributed by atoms with Crippen molar-refractivity contribution in [3.63, 3.8) is 0 Å². The summed E-state index contributed by atoms with van der Waals surface area (Å²) in [6.07, 6.45) is 3.73. The average molecular weight is 303 g/mol. The molecular weight excluding hydrogens is 278 g/mol. The number of thiazole rings is 1. The van der Waals surface area contributed by atoms with Crippen molar-refractivity contribution in [1.29, 1.82) is 0 Å². The van der Waals surface area contributed by atoms with E-state index >= 15 is 0 Å². The molecule has 114 valence electrons. The van der Waals surface area contributed by atoms with E-state index in [-0.39, 0.29) is 0 Å². The first-order valence-corrected chi connectivity index (χ1v) is 8.93. The Kier molecular flexibility index (Phi) is 4.88. The zero-order chi connectivity index (χ0) is 14.7. The number of aromatic nitrogens is 1. The molecule has 0 saturated carbocycles. The first-order chi connectivity index (χ1) is 10.3. The second-order valence-corrected chi connectivity index (χ2v) is 7.08. The normalized spacial score (nSPS) is 23.7. The third-order valence-electron chi connectivity index (χ3n) is 4.40. The number of hydrogen-bond acceptors (Lipinski definition) is 4. The molecule has 2 heterocycles. The molecule has 1 aliphatic rings. The predicted octanol–water partition coefficient (Wildman–Crippen LogP) is 3.65. The maximum Gasteiger partial charge on any atom is 0.108 e. The largest absolute Gasteiger partial charge is 0.311 e. The molecule has 0 amide bonds. The van der Waals surface area contributed by atoms with Gasteiger partial charge in [-0.2, -0.15) is 0 Å². The smallest absolute Gasteiger partial charge is 0.108 e. The number of piperazine rings is 1. The molecule has 0 bridgehead atoms. The van der Waals surface area contributed by atoms with Crippen molar-refractivity contribution in [1.82, 2.24) is 15.2 Å². The number of hydrogen-bond donors (Lipinski definition) is 1. The zero-order valence-electron chi connectivity index (χ0n) is 13.0. The molecule has 2 aromatic rings. The first kappa shape index (κ1) is 14.9. The highest BCUT2D eigenvalue weighted by Gasteiger charge is 2.27. The second-order valence-electron chi connectivity index (χ2n) is 5.96. The third kappa shape index (κ3) is 3.44. The third-order valence-corrected chi connectivity index (χ3v) is 5.43. The molecule has 1 fully saturated rings. The lowest BCUT2D eigenvalue weighted by Gasteiger charge is -2.40. The summed E-state index contributed by atoms with van der Waals surface area (Å²) in [6, 6.07) is 9.75. The van der Waals surface area contributed by atoms with Gasteiger partial charge in [0.25, 0.3) is 0 Å². The van der Waals surface area contributed by atoms with Crippen molar-refractivity contribution in [2.45, 2.75) is 51.7 Å². The van der Waals surface area contributed by atoms with Crippen LogP contribution in [0.4, 0.5) is 0 Å². The lowest BCUT2D eigenvalue weighted by Crippen LogP contribution is -2.55. The van der Waals surface area contributed by atoms with Crippen LogP contribution in [0.5, 0.6) is 0 Å². The fourth-order valence-electron chi connectivity index (χ4n) is 3.17. The van der Waals surface area contributed by atoms with E-state index in [9.17, 15) is 0 Å². The Balaban J connectivity index is 1.75. The highest BCUT2D eigenvalue weighted by molar-refractivity contribution is 7.18. The Bertz CT molecular complexity index is 547. The van der Waals surface area contributed by atoms with E-state index in [1.165, 1.54) is 29.0 Å². The van der Waals surface area contributed by atoms with Crippen molar-refractivity contribution in [3.8, 4) is 0 Å². The lowest BCUT2D eigenvalue weighted by atomic mass is 10.0. The van der Waals surface area contributed by atoms with Gasteiger partial charge in [0.05, 0.1) is 16.8 Å². The molecule has 1 N–H and O–H groups in total. The molecule has 1 aromatic carbocycles. The van der Waals surface area contributed by atoms with Crippen molar-refractivity contribution in [2.24, 2.45) is 0 Å². The van der Waals surface area contributed by atoms with Gasteiger partial charge >= 0.3 is 0 Å². The van der Waals surface area contributed by atoms with Crippen molar-refractivity contribution < 1.29 is 0 Å². The van der Waals surface area contributed by atoms with E-state index in [2.05, 4.69) is 48.3 Å². The minimum atomic E-state index is 0.632. The van der Waals surface area contributed by atoms with Crippen LogP contribution in [0.2, 0.25) is 0 Å². The topological polar surface area (TPSA) is 28.2 Å². The van der Waals surface area contributed by atoms with Crippen LogP contribution in [0.15, 0.2) is 24.3 Å². The van der Waals surface area contributed by atoms with Crippen LogP contribution in [0.3, 0.4) is 0 Å². The molecule has 1 saturated heterocycles.